The summed E-state index contributed by atoms with van der Waals surface area (Å²) in [4.78, 5) is 12.7. The van der Waals surface area contributed by atoms with Gasteiger partial charge in [0.2, 0.25) is 0 Å². The van der Waals surface area contributed by atoms with Gasteiger partial charge in [0.05, 0.1) is 6.54 Å². The van der Waals surface area contributed by atoms with Crippen molar-refractivity contribution in [3.05, 3.63) is 23.4 Å². The molecule has 168 valence electrons. The molecule has 3 aliphatic rings. The molecule has 10 heteroatoms. The normalized spacial score (nSPS) is 16.5. The van der Waals surface area contributed by atoms with Gasteiger partial charge in [0.25, 0.3) is 0 Å². The second-order valence-electron chi connectivity index (χ2n) is 6.88. The highest BCUT2D eigenvalue weighted by molar-refractivity contribution is 5.81. The van der Waals surface area contributed by atoms with Crippen LogP contribution in [0, 0.1) is 6.92 Å². The Labute approximate surface area is 179 Å². The monoisotopic (exact) mass is 420 g/mol. The smallest absolute Gasteiger partial charge is 0.193 e. The molecular formula is C20H36N8O2. The molecule has 0 aromatic carbocycles. The minimum absolute atomic E-state index is 0.520. The van der Waals surface area contributed by atoms with Gasteiger partial charge in [-0.2, -0.15) is 0 Å². The van der Waals surface area contributed by atoms with Crippen molar-refractivity contribution in [2.45, 2.75) is 26.2 Å². The summed E-state index contributed by atoms with van der Waals surface area (Å²) in [6.45, 7) is 7.87. The van der Waals surface area contributed by atoms with Crippen LogP contribution in [0.5, 0.6) is 0 Å². The number of nitrogens with one attached hydrogen (secondary N) is 5. The fourth-order valence-corrected chi connectivity index (χ4v) is 2.87. The van der Waals surface area contributed by atoms with Crippen LogP contribution in [0.25, 0.3) is 0 Å². The van der Waals surface area contributed by atoms with E-state index < -0.39 is 0 Å². The Kier molecular flexibility index (Phi) is 11.4. The standard InChI is InChI=1S/C9H12N2.C6H13N3O.C5H11N3O/c1-7-4-5-8-3-2-6-10-9(8)11-7;1-10-5-9-6-7-3-2-4-8-6;1-9-4-8-5-6-2-3-7-5/h4-5H,2-3,6H2,1H3,(H,10,11);2-5H2,1H3,(H2,7,8,9);2-4H2,1H3,(H2,6,7,8). The second kappa shape index (κ2) is 14.4. The summed E-state index contributed by atoms with van der Waals surface area (Å²) in [5, 5.41) is 15.4. The SMILES string of the molecule is COCNC1=NCCCN1.COCNC1=NCCN1.Cc1ccc2c(n1)NCCC2. The Balaban J connectivity index is 0.000000161. The van der Waals surface area contributed by atoms with Gasteiger partial charge in [-0.05, 0) is 37.8 Å². The summed E-state index contributed by atoms with van der Waals surface area (Å²) >= 11 is 0. The lowest BCUT2D eigenvalue weighted by Gasteiger charge is -2.16. The Hall–Kier alpha value is -2.59. The zero-order valence-electron chi connectivity index (χ0n) is 18.4. The molecule has 0 bridgehead atoms. The number of methoxy groups -OCH3 is 2. The maximum absolute atomic E-state index is 4.81. The zero-order chi connectivity index (χ0) is 21.4. The van der Waals surface area contributed by atoms with E-state index in [-0.39, 0.29) is 0 Å². The van der Waals surface area contributed by atoms with Crippen LogP contribution in [0.4, 0.5) is 5.82 Å². The van der Waals surface area contributed by atoms with E-state index in [9.17, 15) is 0 Å². The number of fused-ring (bicyclic) bond motifs is 1. The van der Waals surface area contributed by atoms with E-state index in [4.69, 9.17) is 9.47 Å². The first-order valence-electron chi connectivity index (χ1n) is 10.5. The third-order valence-corrected chi connectivity index (χ3v) is 4.37. The highest BCUT2D eigenvalue weighted by Crippen LogP contribution is 2.18. The Morgan fingerprint density at radius 3 is 2.13 bits per heavy atom. The molecule has 0 fully saturated rings. The molecule has 0 saturated heterocycles. The van der Waals surface area contributed by atoms with Crippen molar-refractivity contribution in [2.24, 2.45) is 9.98 Å². The summed E-state index contributed by atoms with van der Waals surface area (Å²) < 4.78 is 9.58. The molecule has 0 amide bonds. The summed E-state index contributed by atoms with van der Waals surface area (Å²) in [5.41, 5.74) is 2.46. The van der Waals surface area contributed by atoms with E-state index in [1.165, 1.54) is 18.4 Å². The van der Waals surface area contributed by atoms with Gasteiger partial charge in [-0.25, -0.2) is 4.98 Å². The molecule has 0 spiro atoms. The Morgan fingerprint density at radius 1 is 0.867 bits per heavy atom. The third-order valence-electron chi connectivity index (χ3n) is 4.37. The molecule has 0 radical (unpaired) electrons. The van der Waals surface area contributed by atoms with E-state index in [0.29, 0.717) is 13.5 Å². The molecule has 0 atom stereocenters. The maximum Gasteiger partial charge on any atom is 0.193 e. The van der Waals surface area contributed by atoms with Gasteiger partial charge in [0.1, 0.15) is 19.3 Å². The molecule has 3 aliphatic heterocycles. The van der Waals surface area contributed by atoms with Gasteiger partial charge in [0.15, 0.2) is 11.9 Å². The highest BCUT2D eigenvalue weighted by Gasteiger charge is 2.08. The van der Waals surface area contributed by atoms with E-state index in [0.717, 1.165) is 62.6 Å². The summed E-state index contributed by atoms with van der Waals surface area (Å²) in [7, 11) is 3.29. The topological polar surface area (TPSA) is 116 Å². The average Bonchev–Trinajstić information content (AvgIpc) is 3.31. The molecular weight excluding hydrogens is 384 g/mol. The second-order valence-corrected chi connectivity index (χ2v) is 6.88. The largest absolute Gasteiger partial charge is 0.370 e. The Morgan fingerprint density at radius 2 is 1.53 bits per heavy atom. The molecule has 10 nitrogen and oxygen atoms in total. The predicted octanol–water partition coefficient (Wildman–Crippen LogP) is 0.416. The zero-order valence-corrected chi connectivity index (χ0v) is 18.4. The fourth-order valence-electron chi connectivity index (χ4n) is 2.87. The fraction of sp³-hybridized carbons (Fsp3) is 0.650. The summed E-state index contributed by atoms with van der Waals surface area (Å²) in [6.07, 6.45) is 3.53. The molecule has 0 aliphatic carbocycles. The van der Waals surface area contributed by atoms with Crippen molar-refractivity contribution in [1.29, 1.82) is 0 Å². The van der Waals surface area contributed by atoms with Crippen LogP contribution >= 0.6 is 0 Å². The predicted molar refractivity (Wildman–Crippen MR) is 121 cm³/mol. The molecule has 1 aromatic rings. The molecule has 4 heterocycles. The molecule has 0 saturated carbocycles. The van der Waals surface area contributed by atoms with Crippen LogP contribution in [0.2, 0.25) is 0 Å². The van der Waals surface area contributed by atoms with Gasteiger partial charge < -0.3 is 36.1 Å². The molecule has 5 N–H and O–H groups in total. The van der Waals surface area contributed by atoms with E-state index in [1.54, 1.807) is 14.2 Å². The highest BCUT2D eigenvalue weighted by atomic mass is 16.5. The minimum Gasteiger partial charge on any atom is -0.370 e. The molecule has 0 unspecified atom stereocenters. The first kappa shape index (κ1) is 23.7. The number of guanidine groups is 2. The van der Waals surface area contributed by atoms with E-state index in [1.807, 2.05) is 6.92 Å². The lowest BCUT2D eigenvalue weighted by atomic mass is 10.1. The first-order chi connectivity index (χ1) is 14.7. The van der Waals surface area contributed by atoms with Gasteiger partial charge in [0, 0.05) is 46.1 Å². The number of pyridine rings is 1. The van der Waals surface area contributed by atoms with Crippen molar-refractivity contribution in [2.75, 3.05) is 65.7 Å². The molecule has 1 aromatic heterocycles. The van der Waals surface area contributed by atoms with Crippen LogP contribution in [0.1, 0.15) is 24.1 Å². The van der Waals surface area contributed by atoms with E-state index in [2.05, 4.69) is 53.7 Å². The quantitative estimate of drug-likeness (QED) is 0.445. The first-order valence-corrected chi connectivity index (χ1v) is 10.5. The number of anilines is 1. The van der Waals surface area contributed by atoms with E-state index >= 15 is 0 Å². The maximum atomic E-state index is 4.81. The van der Waals surface area contributed by atoms with Crippen LogP contribution in [0.15, 0.2) is 22.1 Å². The molecule has 30 heavy (non-hydrogen) atoms. The number of hydrogen-bond acceptors (Lipinski definition) is 10. The van der Waals surface area contributed by atoms with Gasteiger partial charge >= 0.3 is 0 Å². The number of rotatable bonds is 4. The lowest BCUT2D eigenvalue weighted by Crippen LogP contribution is -2.41. The lowest BCUT2D eigenvalue weighted by molar-refractivity contribution is 0.191. The van der Waals surface area contributed by atoms with Gasteiger partial charge in [-0.1, -0.05) is 6.07 Å². The number of aryl methyl sites for hydroxylation is 2. The van der Waals surface area contributed by atoms with Crippen molar-refractivity contribution in [3.63, 3.8) is 0 Å². The average molecular weight is 421 g/mol. The van der Waals surface area contributed by atoms with Crippen LogP contribution in [-0.4, -0.2) is 77.3 Å². The summed E-state index contributed by atoms with van der Waals surface area (Å²) in [5.74, 6) is 2.79. The van der Waals surface area contributed by atoms with Gasteiger partial charge in [-0.3, -0.25) is 9.98 Å². The number of aliphatic imine (C=N–C) groups is 2. The minimum atomic E-state index is 0.520. The van der Waals surface area contributed by atoms with Crippen LogP contribution in [0.3, 0.4) is 0 Å². The number of nitrogens with zero attached hydrogens (tertiary/aromatic N) is 3. The molecule has 4 rings (SSSR count). The van der Waals surface area contributed by atoms with Crippen LogP contribution in [-0.2, 0) is 15.9 Å². The van der Waals surface area contributed by atoms with Crippen molar-refractivity contribution in [1.82, 2.24) is 26.3 Å². The van der Waals surface area contributed by atoms with Crippen molar-refractivity contribution >= 4 is 17.7 Å². The van der Waals surface area contributed by atoms with Crippen molar-refractivity contribution in [3.8, 4) is 0 Å². The van der Waals surface area contributed by atoms with Crippen LogP contribution < -0.4 is 26.6 Å². The van der Waals surface area contributed by atoms with Crippen molar-refractivity contribution < 1.29 is 9.47 Å². The number of ether oxygens (including phenoxy) is 2. The van der Waals surface area contributed by atoms with Gasteiger partial charge in [-0.15, -0.1) is 0 Å². The third kappa shape index (κ3) is 9.27. The Bertz CT molecular complexity index is 681. The number of hydrogen-bond donors (Lipinski definition) is 5. The number of aromatic nitrogens is 1. The summed E-state index contributed by atoms with van der Waals surface area (Å²) in [6, 6.07) is 4.25.